The zero-order chi connectivity index (χ0) is 9.84. The maximum absolute atomic E-state index is 12.9. The van der Waals surface area contributed by atoms with Gasteiger partial charge in [-0.25, -0.2) is 4.39 Å². The average Bonchev–Trinajstić information content (AvgIpc) is 2.08. The van der Waals surface area contributed by atoms with Crippen molar-refractivity contribution in [1.82, 2.24) is 0 Å². The Morgan fingerprint density at radius 3 is 2.77 bits per heavy atom. The van der Waals surface area contributed by atoms with Crippen LogP contribution in [0.5, 0.6) is 0 Å². The predicted octanol–water partition coefficient (Wildman–Crippen LogP) is 2.77. The van der Waals surface area contributed by atoms with Crippen LogP contribution < -0.4 is 0 Å². The van der Waals surface area contributed by atoms with Crippen molar-refractivity contribution in [2.45, 2.75) is 6.92 Å². The Morgan fingerprint density at radius 1 is 1.54 bits per heavy atom. The molecule has 0 N–H and O–H groups in total. The third-order valence-electron chi connectivity index (χ3n) is 1.54. The number of nitro benzene ring substituents is 1. The highest BCUT2D eigenvalue weighted by molar-refractivity contribution is 5.53. The molecule has 0 atom stereocenters. The molecule has 0 saturated heterocycles. The number of hydrogen-bond donors (Lipinski definition) is 0. The summed E-state index contributed by atoms with van der Waals surface area (Å²) in [4.78, 5) is 9.78. The topological polar surface area (TPSA) is 43.1 Å². The van der Waals surface area contributed by atoms with E-state index in [0.717, 1.165) is 12.1 Å². The molecule has 0 amide bonds. The molecule has 1 aromatic carbocycles. The Morgan fingerprint density at radius 2 is 2.23 bits per heavy atom. The van der Waals surface area contributed by atoms with Gasteiger partial charge in [-0.05, 0) is 13.0 Å². The Hall–Kier alpha value is -1.71. The van der Waals surface area contributed by atoms with Crippen LogP contribution in [0, 0.1) is 15.9 Å². The minimum atomic E-state index is -0.549. The van der Waals surface area contributed by atoms with Gasteiger partial charge in [0.2, 0.25) is 0 Å². The molecule has 0 radical (unpaired) electrons. The summed E-state index contributed by atoms with van der Waals surface area (Å²) in [5.41, 5.74) is 0.131. The van der Waals surface area contributed by atoms with E-state index >= 15 is 0 Å². The number of non-ortho nitro benzene ring substituents is 1. The molecule has 0 saturated carbocycles. The molecular formula is C9H8FNO2. The number of rotatable bonds is 2. The molecule has 0 aliphatic carbocycles. The van der Waals surface area contributed by atoms with Crippen LogP contribution in [0.4, 0.5) is 10.1 Å². The first-order chi connectivity index (χ1) is 6.15. The lowest BCUT2D eigenvalue weighted by atomic mass is 10.2. The number of halogens is 1. The summed E-state index contributed by atoms with van der Waals surface area (Å²) in [6, 6.07) is 3.44. The normalized spacial score (nSPS) is 10.6. The number of nitro groups is 1. The van der Waals surface area contributed by atoms with Crippen molar-refractivity contribution in [3.63, 3.8) is 0 Å². The second kappa shape index (κ2) is 3.80. The fraction of sp³-hybridized carbons (Fsp3) is 0.111. The molecule has 13 heavy (non-hydrogen) atoms. The van der Waals surface area contributed by atoms with Gasteiger partial charge in [0, 0.05) is 17.7 Å². The lowest BCUT2D eigenvalue weighted by Gasteiger charge is -1.96. The molecular weight excluding hydrogens is 173 g/mol. The van der Waals surface area contributed by atoms with E-state index < -0.39 is 10.7 Å². The summed E-state index contributed by atoms with van der Waals surface area (Å²) in [6.45, 7) is 1.72. The van der Waals surface area contributed by atoms with Gasteiger partial charge in [0.15, 0.2) is 0 Å². The summed E-state index contributed by atoms with van der Waals surface area (Å²) in [6.07, 6.45) is 3.12. The predicted molar refractivity (Wildman–Crippen MR) is 47.8 cm³/mol. The molecule has 3 nitrogen and oxygen atoms in total. The van der Waals surface area contributed by atoms with Gasteiger partial charge in [-0.1, -0.05) is 12.2 Å². The van der Waals surface area contributed by atoms with Gasteiger partial charge in [0.1, 0.15) is 5.82 Å². The highest BCUT2D eigenvalue weighted by Crippen LogP contribution is 2.17. The lowest BCUT2D eigenvalue weighted by molar-refractivity contribution is -0.384. The highest BCUT2D eigenvalue weighted by atomic mass is 19.1. The van der Waals surface area contributed by atoms with Crippen LogP contribution >= 0.6 is 0 Å². The van der Waals surface area contributed by atoms with Crippen molar-refractivity contribution in [2.75, 3.05) is 0 Å². The van der Waals surface area contributed by atoms with E-state index in [9.17, 15) is 14.5 Å². The van der Waals surface area contributed by atoms with Crippen molar-refractivity contribution in [3.05, 3.63) is 45.8 Å². The zero-order valence-corrected chi connectivity index (χ0v) is 7.03. The molecule has 0 bridgehead atoms. The van der Waals surface area contributed by atoms with Gasteiger partial charge in [0.25, 0.3) is 5.69 Å². The smallest absolute Gasteiger partial charge is 0.258 e. The van der Waals surface area contributed by atoms with Crippen LogP contribution in [0.1, 0.15) is 12.5 Å². The van der Waals surface area contributed by atoms with Gasteiger partial charge < -0.3 is 0 Å². The summed E-state index contributed by atoms with van der Waals surface area (Å²) < 4.78 is 12.9. The molecule has 0 aliphatic heterocycles. The zero-order valence-electron chi connectivity index (χ0n) is 7.03. The van der Waals surface area contributed by atoms with E-state index in [1.165, 1.54) is 12.1 Å². The van der Waals surface area contributed by atoms with Crippen molar-refractivity contribution >= 4 is 11.8 Å². The van der Waals surface area contributed by atoms with Gasteiger partial charge in [-0.3, -0.25) is 10.1 Å². The van der Waals surface area contributed by atoms with Crippen LogP contribution in [0.3, 0.4) is 0 Å². The van der Waals surface area contributed by atoms with Crippen LogP contribution in [-0.4, -0.2) is 4.92 Å². The quantitative estimate of drug-likeness (QED) is 0.520. The summed E-state index contributed by atoms with van der Waals surface area (Å²) in [7, 11) is 0. The standard InChI is InChI=1S/C9H8FNO2/c1-2-3-7-6-8(11(12)13)4-5-9(7)10/h2-6H,1H3/b3-2+. The molecule has 0 spiro atoms. The minimum absolute atomic E-state index is 0.102. The average molecular weight is 181 g/mol. The maximum Gasteiger partial charge on any atom is 0.270 e. The number of allylic oxidation sites excluding steroid dienone is 1. The first-order valence-corrected chi connectivity index (χ1v) is 3.72. The lowest BCUT2D eigenvalue weighted by Crippen LogP contribution is -1.90. The molecule has 1 aromatic rings. The molecule has 0 fully saturated rings. The largest absolute Gasteiger partial charge is 0.270 e. The highest BCUT2D eigenvalue weighted by Gasteiger charge is 2.07. The molecule has 1 rings (SSSR count). The van der Waals surface area contributed by atoms with Gasteiger partial charge in [-0.15, -0.1) is 0 Å². The Balaban J connectivity index is 3.18. The van der Waals surface area contributed by atoms with Crippen LogP contribution in [-0.2, 0) is 0 Å². The van der Waals surface area contributed by atoms with E-state index in [2.05, 4.69) is 0 Å². The number of nitrogens with zero attached hydrogens (tertiary/aromatic N) is 1. The van der Waals surface area contributed by atoms with E-state index in [0.29, 0.717) is 0 Å². The minimum Gasteiger partial charge on any atom is -0.258 e. The summed E-state index contributed by atoms with van der Waals surface area (Å²) in [5.74, 6) is -0.455. The van der Waals surface area contributed by atoms with Gasteiger partial charge >= 0.3 is 0 Å². The monoisotopic (exact) mass is 181 g/mol. The van der Waals surface area contributed by atoms with Crippen molar-refractivity contribution < 1.29 is 9.31 Å². The van der Waals surface area contributed by atoms with Crippen LogP contribution in [0.25, 0.3) is 6.08 Å². The first-order valence-electron chi connectivity index (χ1n) is 3.72. The second-order valence-electron chi connectivity index (χ2n) is 2.46. The first kappa shape index (κ1) is 9.38. The van der Waals surface area contributed by atoms with Crippen molar-refractivity contribution in [1.29, 1.82) is 0 Å². The molecule has 0 aliphatic rings. The van der Waals surface area contributed by atoms with Crippen molar-refractivity contribution in [2.24, 2.45) is 0 Å². The fourth-order valence-electron chi connectivity index (χ4n) is 0.952. The number of benzene rings is 1. The fourth-order valence-corrected chi connectivity index (χ4v) is 0.952. The maximum atomic E-state index is 12.9. The molecule has 0 aromatic heterocycles. The van der Waals surface area contributed by atoms with Crippen LogP contribution in [0.2, 0.25) is 0 Å². The third kappa shape index (κ3) is 2.11. The summed E-state index contributed by atoms with van der Waals surface area (Å²) in [5, 5.41) is 10.3. The van der Waals surface area contributed by atoms with E-state index in [1.54, 1.807) is 13.0 Å². The van der Waals surface area contributed by atoms with Crippen LogP contribution in [0.15, 0.2) is 24.3 Å². The number of hydrogen-bond acceptors (Lipinski definition) is 2. The molecule has 68 valence electrons. The van der Waals surface area contributed by atoms with E-state index in [1.807, 2.05) is 0 Å². The molecule has 0 unspecified atom stereocenters. The molecule has 0 heterocycles. The van der Waals surface area contributed by atoms with Crippen molar-refractivity contribution in [3.8, 4) is 0 Å². The van der Waals surface area contributed by atoms with E-state index in [4.69, 9.17) is 0 Å². The Kier molecular flexibility index (Phi) is 2.74. The second-order valence-corrected chi connectivity index (χ2v) is 2.46. The van der Waals surface area contributed by atoms with Gasteiger partial charge in [-0.2, -0.15) is 0 Å². The van der Waals surface area contributed by atoms with E-state index in [-0.39, 0.29) is 11.3 Å². The Bertz CT molecular complexity index is 361. The molecule has 4 heteroatoms. The third-order valence-corrected chi connectivity index (χ3v) is 1.54. The Labute approximate surface area is 74.7 Å². The SMILES string of the molecule is C/C=C/c1cc([N+](=O)[O-])ccc1F. The summed E-state index contributed by atoms with van der Waals surface area (Å²) >= 11 is 0. The van der Waals surface area contributed by atoms with Gasteiger partial charge in [0.05, 0.1) is 4.92 Å².